The van der Waals surface area contributed by atoms with Crippen molar-refractivity contribution in [1.82, 2.24) is 14.8 Å². The summed E-state index contributed by atoms with van der Waals surface area (Å²) < 4.78 is 15.6. The van der Waals surface area contributed by atoms with Crippen LogP contribution in [0.1, 0.15) is 52.8 Å². The van der Waals surface area contributed by atoms with Crippen molar-refractivity contribution < 1.29 is 9.18 Å². The lowest BCUT2D eigenvalue weighted by Crippen LogP contribution is -2.46. The number of aromatic nitrogens is 1. The van der Waals surface area contributed by atoms with Crippen molar-refractivity contribution in [1.29, 1.82) is 0 Å². The van der Waals surface area contributed by atoms with Gasteiger partial charge in [-0.2, -0.15) is 0 Å². The highest BCUT2D eigenvalue weighted by atomic mass is 19.1. The molecule has 180 valence electrons. The lowest BCUT2D eigenvalue weighted by molar-refractivity contribution is 0.0930. The number of hydrogen-bond donors (Lipinski definition) is 1. The summed E-state index contributed by atoms with van der Waals surface area (Å²) in [6.07, 6.45) is 0. The third-order valence-corrected chi connectivity index (χ3v) is 6.98. The molecule has 0 spiro atoms. The van der Waals surface area contributed by atoms with Crippen LogP contribution in [0, 0.1) is 19.7 Å². The maximum absolute atomic E-state index is 13.6. The second-order valence-corrected chi connectivity index (χ2v) is 9.15. The van der Waals surface area contributed by atoms with Crippen molar-refractivity contribution in [3.05, 3.63) is 88.5 Å². The predicted molar refractivity (Wildman–Crippen MR) is 136 cm³/mol. The Morgan fingerprint density at radius 2 is 1.65 bits per heavy atom. The van der Waals surface area contributed by atoms with Crippen LogP contribution in [-0.4, -0.2) is 48.1 Å². The number of rotatable bonds is 7. The molecule has 2 heterocycles. The molecule has 0 aliphatic carbocycles. The van der Waals surface area contributed by atoms with Crippen LogP contribution in [0.4, 0.5) is 10.1 Å². The van der Waals surface area contributed by atoms with Gasteiger partial charge in [0, 0.05) is 44.0 Å². The van der Waals surface area contributed by atoms with E-state index < -0.39 is 0 Å². The summed E-state index contributed by atoms with van der Waals surface area (Å²) in [4.78, 5) is 18.5. The van der Waals surface area contributed by atoms with E-state index >= 15 is 0 Å². The molecule has 1 aromatic heterocycles. The molecule has 1 aliphatic heterocycles. The first kappa shape index (κ1) is 24.0. The Morgan fingerprint density at radius 1 is 1.00 bits per heavy atom. The molecule has 34 heavy (non-hydrogen) atoms. The molecule has 0 unspecified atom stereocenters. The number of likely N-dealkylation sites (N-methyl/N-ethyl adjacent to an activating group) is 1. The molecule has 1 atom stereocenters. The fraction of sp³-hybridized carbons (Fsp3) is 0.393. The van der Waals surface area contributed by atoms with E-state index in [9.17, 15) is 9.18 Å². The molecule has 0 radical (unpaired) electrons. The minimum absolute atomic E-state index is 0.0856. The van der Waals surface area contributed by atoms with E-state index in [1.165, 1.54) is 12.1 Å². The second kappa shape index (κ2) is 10.4. The number of nitrogens with zero attached hydrogens (tertiary/aromatic N) is 3. The molecule has 4 rings (SSSR count). The number of nitrogens with one attached hydrogen (secondary N) is 1. The molecule has 1 aliphatic rings. The van der Waals surface area contributed by atoms with Crippen molar-refractivity contribution in [3.63, 3.8) is 0 Å². The Kier molecular flexibility index (Phi) is 7.37. The Morgan fingerprint density at radius 3 is 2.26 bits per heavy atom. The maximum Gasteiger partial charge on any atom is 0.268 e. The number of hydrogen-bond acceptors (Lipinski definition) is 3. The molecular formula is C28H35FN4O. The average molecular weight is 463 g/mol. The van der Waals surface area contributed by atoms with Crippen LogP contribution in [0.15, 0.2) is 54.6 Å². The van der Waals surface area contributed by atoms with Gasteiger partial charge in [-0.1, -0.05) is 49.4 Å². The van der Waals surface area contributed by atoms with E-state index in [-0.39, 0.29) is 17.8 Å². The molecule has 6 heteroatoms. The second-order valence-electron chi connectivity index (χ2n) is 9.15. The molecule has 1 saturated heterocycles. The summed E-state index contributed by atoms with van der Waals surface area (Å²) in [5, 5.41) is 3.20. The Bertz CT molecular complexity index is 1120. The van der Waals surface area contributed by atoms with Gasteiger partial charge < -0.3 is 19.7 Å². The Labute approximate surface area is 202 Å². The number of halogens is 1. The number of piperazine rings is 1. The minimum Gasteiger partial charge on any atom is -0.367 e. The van der Waals surface area contributed by atoms with Gasteiger partial charge >= 0.3 is 0 Å². The summed E-state index contributed by atoms with van der Waals surface area (Å²) in [5.74, 6) is -0.342. The molecule has 1 N–H and O–H groups in total. The van der Waals surface area contributed by atoms with Crippen LogP contribution >= 0.6 is 0 Å². The zero-order valence-electron chi connectivity index (χ0n) is 20.6. The summed E-state index contributed by atoms with van der Waals surface area (Å²) in [5.41, 5.74) is 5.93. The van der Waals surface area contributed by atoms with E-state index in [4.69, 9.17) is 0 Å². The van der Waals surface area contributed by atoms with E-state index in [1.807, 2.05) is 37.3 Å². The van der Waals surface area contributed by atoms with Crippen LogP contribution in [0.2, 0.25) is 0 Å². The molecule has 1 amide bonds. The summed E-state index contributed by atoms with van der Waals surface area (Å²) in [6.45, 7) is 13.8. The first-order valence-electron chi connectivity index (χ1n) is 12.2. The van der Waals surface area contributed by atoms with Crippen LogP contribution < -0.4 is 10.2 Å². The van der Waals surface area contributed by atoms with Crippen molar-refractivity contribution in [2.75, 3.05) is 37.6 Å². The van der Waals surface area contributed by atoms with Gasteiger partial charge in [-0.25, -0.2) is 4.39 Å². The van der Waals surface area contributed by atoms with E-state index in [0.717, 1.165) is 60.8 Å². The minimum atomic E-state index is -0.256. The topological polar surface area (TPSA) is 40.5 Å². The molecule has 0 bridgehead atoms. The lowest BCUT2D eigenvalue weighted by atomic mass is 10.1. The van der Waals surface area contributed by atoms with Gasteiger partial charge in [0.25, 0.3) is 5.91 Å². The fourth-order valence-electron chi connectivity index (χ4n) is 4.99. The first-order valence-corrected chi connectivity index (χ1v) is 12.2. The zero-order chi connectivity index (χ0) is 24.2. The predicted octanol–water partition coefficient (Wildman–Crippen LogP) is 4.93. The van der Waals surface area contributed by atoms with Gasteiger partial charge in [0.15, 0.2) is 0 Å². The van der Waals surface area contributed by atoms with E-state index in [1.54, 1.807) is 12.1 Å². The number of benzene rings is 2. The highest BCUT2D eigenvalue weighted by molar-refractivity contribution is 5.97. The number of anilines is 1. The van der Waals surface area contributed by atoms with Gasteiger partial charge in [0.1, 0.15) is 11.5 Å². The van der Waals surface area contributed by atoms with Crippen LogP contribution in [-0.2, 0) is 6.54 Å². The van der Waals surface area contributed by atoms with Crippen LogP contribution in [0.25, 0.3) is 0 Å². The summed E-state index contributed by atoms with van der Waals surface area (Å²) >= 11 is 0. The number of carbonyl (C=O) groups is 1. The third kappa shape index (κ3) is 5.02. The molecule has 2 aromatic carbocycles. The Balaban J connectivity index is 1.69. The molecule has 5 nitrogen and oxygen atoms in total. The number of amides is 1. The van der Waals surface area contributed by atoms with Gasteiger partial charge in [0.2, 0.25) is 0 Å². The van der Waals surface area contributed by atoms with Crippen molar-refractivity contribution in [3.8, 4) is 0 Å². The first-order chi connectivity index (χ1) is 16.4. The van der Waals surface area contributed by atoms with Gasteiger partial charge in [-0.15, -0.1) is 0 Å². The van der Waals surface area contributed by atoms with E-state index in [2.05, 4.69) is 40.5 Å². The zero-order valence-corrected chi connectivity index (χ0v) is 20.6. The van der Waals surface area contributed by atoms with Crippen molar-refractivity contribution in [2.45, 2.75) is 40.3 Å². The van der Waals surface area contributed by atoms with Gasteiger partial charge in [-0.05, 0) is 50.6 Å². The van der Waals surface area contributed by atoms with E-state index in [0.29, 0.717) is 12.2 Å². The normalized spacial score (nSPS) is 15.4. The Hall–Kier alpha value is -3.12. The van der Waals surface area contributed by atoms with Crippen molar-refractivity contribution in [2.24, 2.45) is 0 Å². The standard InChI is InChI=1S/C28H35FN4O/c1-5-31-15-17-32(18-16-31)26-20(2)27(28(34)30-21(3)24-9-7-6-8-10-24)33(22(26)4)19-23-11-13-25(29)14-12-23/h6-14,21H,5,15-19H2,1-4H3,(H,30,34)/t21-/m0/s1. The van der Waals surface area contributed by atoms with Crippen LogP contribution in [0.3, 0.4) is 0 Å². The highest BCUT2D eigenvalue weighted by Crippen LogP contribution is 2.33. The van der Waals surface area contributed by atoms with Gasteiger partial charge in [0.05, 0.1) is 11.7 Å². The third-order valence-electron chi connectivity index (χ3n) is 6.98. The van der Waals surface area contributed by atoms with Crippen molar-refractivity contribution >= 4 is 11.6 Å². The molecule has 1 fully saturated rings. The fourth-order valence-corrected chi connectivity index (χ4v) is 4.99. The SMILES string of the molecule is CCN1CCN(c2c(C)c(C(=O)N[C@@H](C)c3ccccc3)n(Cc3ccc(F)cc3)c2C)CC1. The maximum atomic E-state index is 13.6. The summed E-state index contributed by atoms with van der Waals surface area (Å²) in [6, 6.07) is 16.4. The largest absolute Gasteiger partial charge is 0.367 e. The molecular weight excluding hydrogens is 427 g/mol. The lowest BCUT2D eigenvalue weighted by Gasteiger charge is -2.36. The highest BCUT2D eigenvalue weighted by Gasteiger charge is 2.28. The average Bonchev–Trinajstić information content (AvgIpc) is 3.10. The molecule has 0 saturated carbocycles. The number of carbonyl (C=O) groups excluding carboxylic acids is 1. The smallest absolute Gasteiger partial charge is 0.268 e. The van der Waals surface area contributed by atoms with Gasteiger partial charge in [-0.3, -0.25) is 4.79 Å². The van der Waals surface area contributed by atoms with Crippen LogP contribution in [0.5, 0.6) is 0 Å². The monoisotopic (exact) mass is 462 g/mol. The summed E-state index contributed by atoms with van der Waals surface area (Å²) in [7, 11) is 0. The quantitative estimate of drug-likeness (QED) is 0.542. The molecule has 3 aromatic rings.